The van der Waals surface area contributed by atoms with Gasteiger partial charge in [-0.2, -0.15) is 0 Å². The maximum absolute atomic E-state index is 10.8. The molecule has 0 radical (unpaired) electrons. The molecule has 104 valence electrons. The number of hydrogen-bond acceptors (Lipinski definition) is 5. The number of benzene rings is 1. The highest BCUT2D eigenvalue weighted by atomic mass is 16.6. The second-order valence-electron chi connectivity index (χ2n) is 4.16. The van der Waals surface area contributed by atoms with Crippen molar-refractivity contribution >= 4 is 11.7 Å². The van der Waals surface area contributed by atoms with E-state index in [1.165, 1.54) is 6.07 Å². The Morgan fingerprint density at radius 3 is 2.84 bits per heavy atom. The Kier molecular flexibility index (Phi) is 5.25. The van der Waals surface area contributed by atoms with Crippen molar-refractivity contribution < 1.29 is 19.6 Å². The topological polar surface area (TPSA) is 116 Å². The molecule has 3 N–H and O–H groups in total. The minimum Gasteiger partial charge on any atom is -0.487 e. The molecular weight excluding hydrogens is 252 g/mol. The Morgan fingerprint density at radius 2 is 2.26 bits per heavy atom. The van der Waals surface area contributed by atoms with Gasteiger partial charge in [0.1, 0.15) is 6.04 Å². The molecule has 7 heteroatoms. The number of hydrogen-bond donors (Lipinski definition) is 2. The van der Waals surface area contributed by atoms with Crippen molar-refractivity contribution in [3.05, 3.63) is 33.9 Å². The van der Waals surface area contributed by atoms with Crippen molar-refractivity contribution in [2.24, 2.45) is 5.73 Å². The summed E-state index contributed by atoms with van der Waals surface area (Å²) in [6, 6.07) is 3.66. The van der Waals surface area contributed by atoms with Gasteiger partial charge in [-0.25, -0.2) is 0 Å². The second-order valence-corrected chi connectivity index (χ2v) is 4.16. The number of aliphatic carboxylic acids is 1. The predicted octanol–water partition coefficient (Wildman–Crippen LogP) is 1.47. The van der Waals surface area contributed by atoms with Crippen LogP contribution in [0.3, 0.4) is 0 Å². The number of carboxylic acids is 1. The highest BCUT2D eigenvalue weighted by molar-refractivity contribution is 5.72. The summed E-state index contributed by atoms with van der Waals surface area (Å²) < 4.78 is 5.32. The fourth-order valence-electron chi connectivity index (χ4n) is 1.50. The van der Waals surface area contributed by atoms with Crippen LogP contribution in [-0.4, -0.2) is 28.6 Å². The molecule has 7 nitrogen and oxygen atoms in total. The van der Waals surface area contributed by atoms with Crippen LogP contribution in [0.25, 0.3) is 0 Å². The second kappa shape index (κ2) is 6.69. The third-order valence-corrected chi connectivity index (χ3v) is 2.55. The molecule has 1 atom stereocenters. The number of nitro groups is 1. The summed E-state index contributed by atoms with van der Waals surface area (Å²) in [5.41, 5.74) is 6.08. The fraction of sp³-hybridized carbons (Fsp3) is 0.417. The van der Waals surface area contributed by atoms with E-state index < -0.39 is 16.9 Å². The average Bonchev–Trinajstić information content (AvgIpc) is 2.33. The number of aryl methyl sites for hydroxylation is 1. The molecule has 19 heavy (non-hydrogen) atoms. The summed E-state index contributed by atoms with van der Waals surface area (Å²) in [5.74, 6) is -0.879. The van der Waals surface area contributed by atoms with E-state index in [9.17, 15) is 14.9 Å². The molecule has 0 fully saturated rings. The van der Waals surface area contributed by atoms with Gasteiger partial charge in [0, 0.05) is 6.07 Å². The third kappa shape index (κ3) is 4.55. The van der Waals surface area contributed by atoms with Crippen molar-refractivity contribution in [2.45, 2.75) is 25.8 Å². The maximum Gasteiger partial charge on any atom is 0.320 e. The number of nitrogens with two attached hydrogens (primary N) is 1. The molecule has 0 bridgehead atoms. The summed E-state index contributed by atoms with van der Waals surface area (Å²) in [6.07, 6.45) is 0.674. The van der Waals surface area contributed by atoms with Crippen molar-refractivity contribution in [3.8, 4) is 5.75 Å². The molecule has 0 aliphatic rings. The van der Waals surface area contributed by atoms with Crippen LogP contribution in [0.5, 0.6) is 5.75 Å². The first-order chi connectivity index (χ1) is 8.91. The van der Waals surface area contributed by atoms with E-state index in [1.54, 1.807) is 19.1 Å². The van der Waals surface area contributed by atoms with E-state index in [0.717, 1.165) is 5.56 Å². The molecule has 0 heterocycles. The lowest BCUT2D eigenvalue weighted by Crippen LogP contribution is -2.30. The first-order valence-corrected chi connectivity index (χ1v) is 5.78. The largest absolute Gasteiger partial charge is 0.487 e. The molecule has 1 aromatic carbocycles. The van der Waals surface area contributed by atoms with Crippen molar-refractivity contribution in [3.63, 3.8) is 0 Å². The van der Waals surface area contributed by atoms with Gasteiger partial charge in [0.05, 0.1) is 11.5 Å². The lowest BCUT2D eigenvalue weighted by Gasteiger charge is -2.09. The van der Waals surface area contributed by atoms with Gasteiger partial charge in [-0.3, -0.25) is 14.9 Å². The lowest BCUT2D eigenvalue weighted by atomic mass is 10.2. The number of rotatable bonds is 7. The minimum atomic E-state index is -1.07. The summed E-state index contributed by atoms with van der Waals surface area (Å²) >= 11 is 0. The Labute approximate surface area is 110 Å². The quantitative estimate of drug-likeness (QED) is 0.439. The molecule has 0 spiro atoms. The summed E-state index contributed by atoms with van der Waals surface area (Å²) in [7, 11) is 0. The van der Waals surface area contributed by atoms with E-state index in [4.69, 9.17) is 15.6 Å². The Balaban J connectivity index is 2.55. The molecule has 0 aliphatic carbocycles. The van der Waals surface area contributed by atoms with Gasteiger partial charge < -0.3 is 15.6 Å². The van der Waals surface area contributed by atoms with E-state index >= 15 is 0 Å². The monoisotopic (exact) mass is 268 g/mol. The zero-order valence-corrected chi connectivity index (χ0v) is 10.5. The smallest absolute Gasteiger partial charge is 0.320 e. The average molecular weight is 268 g/mol. The first-order valence-electron chi connectivity index (χ1n) is 5.78. The molecule has 0 unspecified atom stereocenters. The zero-order valence-electron chi connectivity index (χ0n) is 10.5. The first kappa shape index (κ1) is 14.9. The van der Waals surface area contributed by atoms with Gasteiger partial charge in [0.25, 0.3) is 0 Å². The maximum atomic E-state index is 10.8. The fourth-order valence-corrected chi connectivity index (χ4v) is 1.50. The molecule has 1 rings (SSSR count). The van der Waals surface area contributed by atoms with Crippen LogP contribution in [0.2, 0.25) is 0 Å². The summed E-state index contributed by atoms with van der Waals surface area (Å²) in [5, 5.41) is 19.4. The Bertz CT molecular complexity index is 475. The van der Waals surface area contributed by atoms with E-state index in [1.807, 2.05) is 0 Å². The van der Waals surface area contributed by atoms with Crippen LogP contribution in [0.1, 0.15) is 18.4 Å². The van der Waals surface area contributed by atoms with Crippen LogP contribution >= 0.6 is 0 Å². The Morgan fingerprint density at radius 1 is 1.58 bits per heavy atom. The molecule has 0 amide bonds. The summed E-state index contributed by atoms with van der Waals surface area (Å²) in [6.45, 7) is 1.99. The van der Waals surface area contributed by atoms with Crippen molar-refractivity contribution in [1.29, 1.82) is 0 Å². The lowest BCUT2D eigenvalue weighted by molar-refractivity contribution is -0.385. The van der Waals surface area contributed by atoms with E-state index in [2.05, 4.69) is 0 Å². The van der Waals surface area contributed by atoms with Crippen LogP contribution in [-0.2, 0) is 4.79 Å². The standard InChI is InChI=1S/C12H16N2O5/c1-8-4-5-10(14(17)18)11(7-8)19-6-2-3-9(13)12(15)16/h4-5,7,9H,2-3,6,13H2,1H3,(H,15,16)/t9-/m0/s1. The normalized spacial score (nSPS) is 11.9. The van der Waals surface area contributed by atoms with Crippen molar-refractivity contribution in [2.75, 3.05) is 6.61 Å². The third-order valence-electron chi connectivity index (χ3n) is 2.55. The number of carboxylic acid groups (broad SMARTS) is 1. The summed E-state index contributed by atoms with van der Waals surface area (Å²) in [4.78, 5) is 20.8. The van der Waals surface area contributed by atoms with E-state index in [0.29, 0.717) is 6.42 Å². The van der Waals surface area contributed by atoms with Gasteiger partial charge in [0.15, 0.2) is 5.75 Å². The SMILES string of the molecule is Cc1ccc([N+](=O)[O-])c(OCCC[C@H](N)C(=O)O)c1. The van der Waals surface area contributed by atoms with Gasteiger partial charge >= 0.3 is 11.7 Å². The van der Waals surface area contributed by atoms with Crippen LogP contribution in [0, 0.1) is 17.0 Å². The number of ether oxygens (including phenoxy) is 1. The van der Waals surface area contributed by atoms with Crippen LogP contribution in [0.15, 0.2) is 18.2 Å². The molecular formula is C12H16N2O5. The van der Waals surface area contributed by atoms with Gasteiger partial charge in [-0.1, -0.05) is 6.07 Å². The Hall–Kier alpha value is -2.15. The van der Waals surface area contributed by atoms with Gasteiger partial charge in [-0.05, 0) is 31.4 Å². The highest BCUT2D eigenvalue weighted by Crippen LogP contribution is 2.27. The number of nitrogens with zero attached hydrogens (tertiary/aromatic N) is 1. The minimum absolute atomic E-state index is 0.104. The van der Waals surface area contributed by atoms with Crippen molar-refractivity contribution in [1.82, 2.24) is 0 Å². The van der Waals surface area contributed by atoms with Crippen LogP contribution in [0.4, 0.5) is 5.69 Å². The molecule has 0 aromatic heterocycles. The molecule has 0 aliphatic heterocycles. The molecule has 1 aromatic rings. The molecule has 0 saturated heterocycles. The van der Waals surface area contributed by atoms with Gasteiger partial charge in [-0.15, -0.1) is 0 Å². The molecule has 0 saturated carbocycles. The zero-order chi connectivity index (χ0) is 14.4. The predicted molar refractivity (Wildman–Crippen MR) is 68.2 cm³/mol. The number of carbonyl (C=O) groups is 1. The van der Waals surface area contributed by atoms with Gasteiger partial charge in [0.2, 0.25) is 0 Å². The highest BCUT2D eigenvalue weighted by Gasteiger charge is 2.15. The van der Waals surface area contributed by atoms with E-state index in [-0.39, 0.29) is 24.5 Å². The van der Waals surface area contributed by atoms with Crippen LogP contribution < -0.4 is 10.5 Å². The number of nitro benzene ring substituents is 1.